The van der Waals surface area contributed by atoms with Gasteiger partial charge in [-0.3, -0.25) is 4.90 Å². The van der Waals surface area contributed by atoms with E-state index in [-0.39, 0.29) is 0 Å². The van der Waals surface area contributed by atoms with E-state index in [1.54, 1.807) is 12.4 Å². The largest absolute Gasteiger partial charge is 0.367 e. The van der Waals surface area contributed by atoms with Crippen molar-refractivity contribution in [2.24, 2.45) is 0 Å². The standard InChI is InChI=1S/C13H20N6/c1-17-7-8-18(2)11(10-17)9-15-13-12-3-4-16-19(12)6-5-14-13/h3-6,11H,7-10H2,1-2H3,(H,14,15). The molecular formula is C13H20N6. The first-order valence-corrected chi connectivity index (χ1v) is 6.65. The van der Waals surface area contributed by atoms with E-state index in [2.05, 4.69) is 39.3 Å². The number of fused-ring (bicyclic) bond motifs is 1. The molecule has 0 amide bonds. The Labute approximate surface area is 113 Å². The number of aromatic nitrogens is 3. The number of rotatable bonds is 3. The highest BCUT2D eigenvalue weighted by atomic mass is 15.3. The van der Waals surface area contributed by atoms with Crippen molar-refractivity contribution in [3.05, 3.63) is 24.7 Å². The number of nitrogens with zero attached hydrogens (tertiary/aromatic N) is 5. The van der Waals surface area contributed by atoms with Crippen molar-refractivity contribution in [3.8, 4) is 0 Å². The maximum atomic E-state index is 4.40. The van der Waals surface area contributed by atoms with Crippen molar-refractivity contribution < 1.29 is 0 Å². The number of nitrogens with one attached hydrogen (secondary N) is 1. The summed E-state index contributed by atoms with van der Waals surface area (Å²) < 4.78 is 1.84. The summed E-state index contributed by atoms with van der Waals surface area (Å²) >= 11 is 0. The number of piperazine rings is 1. The van der Waals surface area contributed by atoms with Gasteiger partial charge in [-0.1, -0.05) is 0 Å². The first-order chi connectivity index (χ1) is 9.24. The Bertz CT molecular complexity index is 551. The number of likely N-dealkylation sites (N-methyl/N-ethyl adjacent to an activating group) is 2. The van der Waals surface area contributed by atoms with Gasteiger partial charge in [0.05, 0.1) is 6.20 Å². The molecule has 6 heteroatoms. The smallest absolute Gasteiger partial charge is 0.152 e. The minimum absolute atomic E-state index is 0.517. The highest BCUT2D eigenvalue weighted by Gasteiger charge is 2.22. The van der Waals surface area contributed by atoms with E-state index < -0.39 is 0 Å². The summed E-state index contributed by atoms with van der Waals surface area (Å²) in [7, 11) is 4.36. The lowest BCUT2D eigenvalue weighted by atomic mass is 10.2. The van der Waals surface area contributed by atoms with Gasteiger partial charge in [0.25, 0.3) is 0 Å². The van der Waals surface area contributed by atoms with Crippen LogP contribution in [0.4, 0.5) is 5.82 Å². The molecule has 102 valence electrons. The van der Waals surface area contributed by atoms with E-state index in [1.165, 1.54) is 0 Å². The second-order valence-corrected chi connectivity index (χ2v) is 5.21. The Morgan fingerprint density at radius 2 is 2.21 bits per heavy atom. The maximum Gasteiger partial charge on any atom is 0.152 e. The van der Waals surface area contributed by atoms with E-state index in [9.17, 15) is 0 Å². The Morgan fingerprint density at radius 1 is 1.32 bits per heavy atom. The fourth-order valence-corrected chi connectivity index (χ4v) is 2.53. The van der Waals surface area contributed by atoms with Crippen molar-refractivity contribution in [1.29, 1.82) is 0 Å². The van der Waals surface area contributed by atoms with Crippen LogP contribution in [0.1, 0.15) is 0 Å². The lowest BCUT2D eigenvalue weighted by Gasteiger charge is -2.37. The second kappa shape index (κ2) is 5.14. The van der Waals surface area contributed by atoms with Gasteiger partial charge in [-0.15, -0.1) is 0 Å². The van der Waals surface area contributed by atoms with Gasteiger partial charge in [-0.2, -0.15) is 5.10 Å². The molecule has 1 aliphatic heterocycles. The molecule has 3 rings (SSSR count). The van der Waals surface area contributed by atoms with E-state index in [0.717, 1.165) is 37.5 Å². The van der Waals surface area contributed by atoms with Crippen LogP contribution in [-0.4, -0.2) is 70.7 Å². The molecule has 3 heterocycles. The topological polar surface area (TPSA) is 48.7 Å². The van der Waals surface area contributed by atoms with Crippen LogP contribution >= 0.6 is 0 Å². The average Bonchev–Trinajstić information content (AvgIpc) is 2.88. The molecule has 1 N–H and O–H groups in total. The Kier molecular flexibility index (Phi) is 3.35. The zero-order valence-electron chi connectivity index (χ0n) is 11.5. The third kappa shape index (κ3) is 2.54. The molecule has 0 aromatic carbocycles. The van der Waals surface area contributed by atoms with Gasteiger partial charge in [-0.05, 0) is 20.2 Å². The molecular weight excluding hydrogens is 240 g/mol. The third-order valence-electron chi connectivity index (χ3n) is 3.81. The molecule has 0 spiro atoms. The lowest BCUT2D eigenvalue weighted by molar-refractivity contribution is 0.122. The zero-order chi connectivity index (χ0) is 13.2. The molecule has 1 unspecified atom stereocenters. The first kappa shape index (κ1) is 12.4. The van der Waals surface area contributed by atoms with E-state index in [1.807, 2.05) is 16.8 Å². The van der Waals surface area contributed by atoms with Crippen LogP contribution < -0.4 is 5.32 Å². The summed E-state index contributed by atoms with van der Waals surface area (Å²) in [5, 5.41) is 7.67. The van der Waals surface area contributed by atoms with Crippen molar-refractivity contribution in [2.45, 2.75) is 6.04 Å². The minimum atomic E-state index is 0.517. The fourth-order valence-electron chi connectivity index (χ4n) is 2.53. The molecule has 1 atom stereocenters. The van der Waals surface area contributed by atoms with Crippen molar-refractivity contribution in [3.63, 3.8) is 0 Å². The van der Waals surface area contributed by atoms with Crippen LogP contribution in [0, 0.1) is 0 Å². The molecule has 2 aromatic rings. The summed E-state index contributed by atoms with van der Waals surface area (Å²) in [6.07, 6.45) is 5.43. The van der Waals surface area contributed by atoms with Gasteiger partial charge >= 0.3 is 0 Å². The van der Waals surface area contributed by atoms with Gasteiger partial charge in [0.1, 0.15) is 5.52 Å². The van der Waals surface area contributed by atoms with Crippen molar-refractivity contribution >= 4 is 11.3 Å². The zero-order valence-corrected chi connectivity index (χ0v) is 11.5. The molecule has 1 fully saturated rings. The summed E-state index contributed by atoms with van der Waals surface area (Å²) in [5.74, 6) is 0.904. The van der Waals surface area contributed by atoms with E-state index >= 15 is 0 Å². The van der Waals surface area contributed by atoms with E-state index in [4.69, 9.17) is 0 Å². The predicted octanol–water partition coefficient (Wildman–Crippen LogP) is 0.387. The molecule has 1 aliphatic rings. The summed E-state index contributed by atoms with van der Waals surface area (Å²) in [5.41, 5.74) is 1.02. The van der Waals surface area contributed by atoms with Gasteiger partial charge < -0.3 is 10.2 Å². The summed E-state index contributed by atoms with van der Waals surface area (Å²) in [6.45, 7) is 4.25. The van der Waals surface area contributed by atoms with E-state index in [0.29, 0.717) is 6.04 Å². The normalized spacial score (nSPS) is 21.9. The molecule has 0 aliphatic carbocycles. The number of hydrogen-bond acceptors (Lipinski definition) is 5. The van der Waals surface area contributed by atoms with Crippen LogP contribution in [0.2, 0.25) is 0 Å². The molecule has 0 saturated carbocycles. The summed E-state index contributed by atoms with van der Waals surface area (Å²) in [4.78, 5) is 9.18. The molecule has 1 saturated heterocycles. The molecule has 0 radical (unpaired) electrons. The predicted molar refractivity (Wildman–Crippen MR) is 75.4 cm³/mol. The Balaban J connectivity index is 1.70. The molecule has 0 bridgehead atoms. The van der Waals surface area contributed by atoms with Gasteiger partial charge in [0.2, 0.25) is 0 Å². The highest BCUT2D eigenvalue weighted by Crippen LogP contribution is 2.13. The molecule has 19 heavy (non-hydrogen) atoms. The quantitative estimate of drug-likeness (QED) is 0.865. The minimum Gasteiger partial charge on any atom is -0.367 e. The van der Waals surface area contributed by atoms with Crippen LogP contribution in [0.3, 0.4) is 0 Å². The maximum absolute atomic E-state index is 4.40. The highest BCUT2D eigenvalue weighted by molar-refractivity contribution is 5.66. The van der Waals surface area contributed by atoms with Gasteiger partial charge in [0, 0.05) is 44.6 Å². The van der Waals surface area contributed by atoms with Crippen LogP contribution in [0.15, 0.2) is 24.7 Å². The van der Waals surface area contributed by atoms with Gasteiger partial charge in [0.15, 0.2) is 5.82 Å². The Morgan fingerprint density at radius 3 is 3.11 bits per heavy atom. The van der Waals surface area contributed by atoms with Crippen LogP contribution in [0.5, 0.6) is 0 Å². The second-order valence-electron chi connectivity index (χ2n) is 5.21. The van der Waals surface area contributed by atoms with Crippen LogP contribution in [-0.2, 0) is 0 Å². The van der Waals surface area contributed by atoms with Crippen molar-refractivity contribution in [1.82, 2.24) is 24.4 Å². The Hall–Kier alpha value is -1.66. The van der Waals surface area contributed by atoms with Crippen molar-refractivity contribution in [2.75, 3.05) is 45.6 Å². The summed E-state index contributed by atoms with van der Waals surface area (Å²) in [6, 6.07) is 2.50. The fraction of sp³-hybridized carbons (Fsp3) is 0.538. The lowest BCUT2D eigenvalue weighted by Crippen LogP contribution is -2.52. The van der Waals surface area contributed by atoms with Crippen LogP contribution in [0.25, 0.3) is 5.52 Å². The molecule has 2 aromatic heterocycles. The SMILES string of the molecule is CN1CCN(C)C(CNc2nccn3nccc23)C1. The average molecular weight is 260 g/mol. The number of anilines is 1. The monoisotopic (exact) mass is 260 g/mol. The number of hydrogen-bond donors (Lipinski definition) is 1. The van der Waals surface area contributed by atoms with Gasteiger partial charge in [-0.25, -0.2) is 9.50 Å². The first-order valence-electron chi connectivity index (χ1n) is 6.65. The molecule has 6 nitrogen and oxygen atoms in total. The third-order valence-corrected chi connectivity index (χ3v) is 3.81.